The highest BCUT2D eigenvalue weighted by molar-refractivity contribution is 5.92. The van der Waals surface area contributed by atoms with E-state index in [9.17, 15) is 9.59 Å². The zero-order valence-electron chi connectivity index (χ0n) is 13.1. The first-order chi connectivity index (χ1) is 11.7. The number of amides is 1. The number of nitrogens with one attached hydrogen (secondary N) is 3. The number of hydrogen-bond donors (Lipinski definition) is 3. The highest BCUT2D eigenvalue weighted by Crippen LogP contribution is 2.13. The number of methoxy groups -OCH3 is 1. The second-order valence-electron chi connectivity index (χ2n) is 5.14. The Bertz CT molecular complexity index is 830. The number of benzene rings is 1. The number of aromatic nitrogens is 2. The van der Waals surface area contributed by atoms with Gasteiger partial charge in [0.1, 0.15) is 11.4 Å². The minimum Gasteiger partial charge on any atom is -0.497 e. The van der Waals surface area contributed by atoms with E-state index in [1.165, 1.54) is 6.20 Å². The lowest BCUT2D eigenvalue weighted by atomic mass is 10.1. The first kappa shape index (κ1) is 15.8. The van der Waals surface area contributed by atoms with Gasteiger partial charge in [0, 0.05) is 12.7 Å². The van der Waals surface area contributed by atoms with Gasteiger partial charge in [0.2, 0.25) is 11.9 Å². The van der Waals surface area contributed by atoms with Gasteiger partial charge in [-0.05, 0) is 17.7 Å². The zero-order valence-corrected chi connectivity index (χ0v) is 13.1. The SMILES string of the molecule is COc1cccc(CC(=O)Nc2cnc(N3C=CCN3)[nH]c2=O)c1. The Hall–Kier alpha value is -3.13. The van der Waals surface area contributed by atoms with Crippen LogP contribution < -0.4 is 26.0 Å². The van der Waals surface area contributed by atoms with Gasteiger partial charge in [-0.25, -0.2) is 10.4 Å². The lowest BCUT2D eigenvalue weighted by Gasteiger charge is -2.14. The Morgan fingerprint density at radius 3 is 3.04 bits per heavy atom. The molecule has 3 rings (SSSR count). The minimum absolute atomic E-state index is 0.106. The third-order valence-corrected chi connectivity index (χ3v) is 3.42. The van der Waals surface area contributed by atoms with Gasteiger partial charge < -0.3 is 10.1 Å². The highest BCUT2D eigenvalue weighted by atomic mass is 16.5. The zero-order chi connectivity index (χ0) is 16.9. The number of ether oxygens (including phenoxy) is 1. The van der Waals surface area contributed by atoms with Crippen molar-refractivity contribution in [3.63, 3.8) is 0 Å². The molecule has 2 heterocycles. The van der Waals surface area contributed by atoms with E-state index in [2.05, 4.69) is 20.7 Å². The molecule has 2 aromatic rings. The number of nitrogens with zero attached hydrogens (tertiary/aromatic N) is 2. The number of hydrazine groups is 1. The minimum atomic E-state index is -0.416. The maximum absolute atomic E-state index is 12.1. The highest BCUT2D eigenvalue weighted by Gasteiger charge is 2.12. The number of anilines is 2. The lowest BCUT2D eigenvalue weighted by Crippen LogP contribution is -2.32. The largest absolute Gasteiger partial charge is 0.497 e. The molecule has 1 amide bonds. The van der Waals surface area contributed by atoms with Crippen LogP contribution in [0, 0.1) is 0 Å². The van der Waals surface area contributed by atoms with Crippen molar-refractivity contribution in [3.05, 3.63) is 58.7 Å². The van der Waals surface area contributed by atoms with E-state index in [0.29, 0.717) is 18.2 Å². The average Bonchev–Trinajstić information content (AvgIpc) is 3.11. The van der Waals surface area contributed by atoms with Crippen LogP contribution in [-0.4, -0.2) is 29.5 Å². The summed E-state index contributed by atoms with van der Waals surface area (Å²) in [5.41, 5.74) is 3.48. The molecule has 0 aliphatic carbocycles. The van der Waals surface area contributed by atoms with Crippen LogP contribution in [0.1, 0.15) is 5.56 Å². The van der Waals surface area contributed by atoms with Crippen LogP contribution >= 0.6 is 0 Å². The Kier molecular flexibility index (Phi) is 4.57. The molecule has 8 heteroatoms. The van der Waals surface area contributed by atoms with E-state index in [1.54, 1.807) is 36.5 Å². The third kappa shape index (κ3) is 3.61. The number of aromatic amines is 1. The summed E-state index contributed by atoms with van der Waals surface area (Å²) in [6.07, 6.45) is 5.13. The monoisotopic (exact) mass is 327 g/mol. The number of carbonyl (C=O) groups excluding carboxylic acids is 1. The van der Waals surface area contributed by atoms with Crippen LogP contribution in [-0.2, 0) is 11.2 Å². The maximum Gasteiger partial charge on any atom is 0.276 e. The summed E-state index contributed by atoms with van der Waals surface area (Å²) in [5.74, 6) is 0.734. The molecule has 1 aliphatic heterocycles. The molecule has 0 fully saturated rings. The molecule has 24 heavy (non-hydrogen) atoms. The van der Waals surface area contributed by atoms with Crippen LogP contribution in [0.5, 0.6) is 5.75 Å². The van der Waals surface area contributed by atoms with Crippen molar-refractivity contribution >= 4 is 17.5 Å². The molecule has 0 radical (unpaired) electrons. The summed E-state index contributed by atoms with van der Waals surface area (Å²) in [7, 11) is 1.57. The van der Waals surface area contributed by atoms with Crippen molar-refractivity contribution in [2.24, 2.45) is 0 Å². The normalized spacial score (nSPS) is 13.1. The molecule has 0 unspecified atom stereocenters. The quantitative estimate of drug-likeness (QED) is 0.751. The summed E-state index contributed by atoms with van der Waals surface area (Å²) < 4.78 is 5.12. The van der Waals surface area contributed by atoms with Crippen LogP contribution in [0.15, 0.2) is 47.5 Å². The summed E-state index contributed by atoms with van der Waals surface area (Å²) in [6, 6.07) is 7.20. The van der Waals surface area contributed by atoms with Crippen LogP contribution in [0.25, 0.3) is 0 Å². The molecule has 0 spiro atoms. The van der Waals surface area contributed by atoms with Crippen molar-refractivity contribution < 1.29 is 9.53 Å². The Morgan fingerprint density at radius 1 is 1.46 bits per heavy atom. The van der Waals surface area contributed by atoms with Gasteiger partial charge in [-0.15, -0.1) is 0 Å². The molecule has 1 aliphatic rings. The summed E-state index contributed by atoms with van der Waals surface area (Å²) in [5, 5.41) is 4.17. The van der Waals surface area contributed by atoms with Gasteiger partial charge in [0.05, 0.1) is 19.7 Å². The Morgan fingerprint density at radius 2 is 2.33 bits per heavy atom. The molecule has 0 bridgehead atoms. The van der Waals surface area contributed by atoms with E-state index in [4.69, 9.17) is 4.74 Å². The van der Waals surface area contributed by atoms with Gasteiger partial charge in [-0.2, -0.15) is 0 Å². The van der Waals surface area contributed by atoms with Gasteiger partial charge >= 0.3 is 0 Å². The third-order valence-electron chi connectivity index (χ3n) is 3.42. The van der Waals surface area contributed by atoms with Gasteiger partial charge in [0.15, 0.2) is 0 Å². The molecule has 0 saturated carbocycles. The molecule has 0 atom stereocenters. The lowest BCUT2D eigenvalue weighted by molar-refractivity contribution is -0.115. The number of H-pyrrole nitrogens is 1. The van der Waals surface area contributed by atoms with Crippen molar-refractivity contribution in [1.82, 2.24) is 15.4 Å². The molecule has 124 valence electrons. The summed E-state index contributed by atoms with van der Waals surface area (Å²) in [4.78, 5) is 30.9. The Balaban J connectivity index is 1.67. The molecule has 0 saturated heterocycles. The molecule has 1 aromatic carbocycles. The number of carbonyl (C=O) groups is 1. The van der Waals surface area contributed by atoms with E-state index in [0.717, 1.165) is 5.56 Å². The maximum atomic E-state index is 12.1. The van der Waals surface area contributed by atoms with Crippen molar-refractivity contribution in [2.75, 3.05) is 24.0 Å². The van der Waals surface area contributed by atoms with Crippen molar-refractivity contribution in [3.8, 4) is 5.75 Å². The summed E-state index contributed by atoms with van der Waals surface area (Å²) >= 11 is 0. The fraction of sp³-hybridized carbons (Fsp3) is 0.188. The summed E-state index contributed by atoms with van der Waals surface area (Å²) in [6.45, 7) is 0.669. The fourth-order valence-corrected chi connectivity index (χ4v) is 2.27. The van der Waals surface area contributed by atoms with Gasteiger partial charge in [-0.1, -0.05) is 18.2 Å². The predicted molar refractivity (Wildman–Crippen MR) is 89.8 cm³/mol. The van der Waals surface area contributed by atoms with Crippen LogP contribution in [0.4, 0.5) is 11.6 Å². The standard InChI is InChI=1S/C16H17N5O3/c1-24-12-5-2-4-11(8-12)9-14(22)19-13-10-17-16(20-15(13)23)21-7-3-6-18-21/h2-5,7-8,10,18H,6,9H2,1H3,(H,19,22)(H,17,20,23). The molecular formula is C16H17N5O3. The first-order valence-corrected chi connectivity index (χ1v) is 7.37. The van der Waals surface area contributed by atoms with Gasteiger partial charge in [-0.3, -0.25) is 19.6 Å². The molecular weight excluding hydrogens is 310 g/mol. The van der Waals surface area contributed by atoms with Crippen molar-refractivity contribution in [2.45, 2.75) is 6.42 Å². The fourth-order valence-electron chi connectivity index (χ4n) is 2.27. The number of hydrogen-bond acceptors (Lipinski definition) is 6. The Labute approximate surface area is 138 Å². The smallest absolute Gasteiger partial charge is 0.276 e. The molecule has 1 aromatic heterocycles. The second kappa shape index (κ2) is 6.97. The topological polar surface area (TPSA) is 99.3 Å². The van der Waals surface area contributed by atoms with Crippen LogP contribution in [0.2, 0.25) is 0 Å². The van der Waals surface area contributed by atoms with E-state index >= 15 is 0 Å². The number of rotatable bonds is 5. The van der Waals surface area contributed by atoms with Crippen molar-refractivity contribution in [1.29, 1.82) is 0 Å². The second-order valence-corrected chi connectivity index (χ2v) is 5.14. The average molecular weight is 327 g/mol. The molecule has 8 nitrogen and oxygen atoms in total. The predicted octanol–water partition coefficient (Wildman–Crippen LogP) is 0.798. The first-order valence-electron chi connectivity index (χ1n) is 7.37. The molecule has 3 N–H and O–H groups in total. The van der Waals surface area contributed by atoms with Crippen LogP contribution in [0.3, 0.4) is 0 Å². The van der Waals surface area contributed by atoms with E-state index < -0.39 is 5.56 Å². The van der Waals surface area contributed by atoms with E-state index in [-0.39, 0.29) is 18.0 Å². The van der Waals surface area contributed by atoms with E-state index in [1.807, 2.05) is 12.1 Å². The van der Waals surface area contributed by atoms with Gasteiger partial charge in [0.25, 0.3) is 5.56 Å².